The zero-order chi connectivity index (χ0) is 22.4. The first-order valence-electron chi connectivity index (χ1n) is 11.2. The van der Waals surface area contributed by atoms with Crippen LogP contribution < -0.4 is 0 Å². The van der Waals surface area contributed by atoms with Crippen LogP contribution in [0.5, 0.6) is 5.75 Å². The highest BCUT2D eigenvalue weighted by atomic mass is 32.2. The van der Waals surface area contributed by atoms with Crippen LogP contribution in [-0.4, -0.2) is 62.3 Å². The first-order chi connectivity index (χ1) is 14.6. The molecule has 1 aliphatic heterocycles. The topological polar surface area (TPSA) is 60.9 Å². The lowest BCUT2D eigenvalue weighted by Gasteiger charge is -2.54. The van der Waals surface area contributed by atoms with Crippen molar-refractivity contribution in [1.29, 1.82) is 0 Å². The Balaban J connectivity index is 1.61. The Morgan fingerprint density at radius 1 is 1.19 bits per heavy atom. The summed E-state index contributed by atoms with van der Waals surface area (Å²) in [6.45, 7) is 7.47. The average Bonchev–Trinajstić information content (AvgIpc) is 2.73. The van der Waals surface area contributed by atoms with E-state index in [1.54, 1.807) is 12.1 Å². The van der Waals surface area contributed by atoms with E-state index in [1.165, 1.54) is 17.4 Å². The lowest BCUT2D eigenvalue weighted by atomic mass is 9.63. The minimum atomic E-state index is -3.17. The second-order valence-corrected chi connectivity index (χ2v) is 11.6. The SMILES string of the molecule is CCN(CCc1ccc(S(C)(=O)=O)cc1)[C@@H]1c2ccc(O)cc2[C@]2(C)CCN(C)[C@@H]1C2. The van der Waals surface area contributed by atoms with Crippen LogP contribution in [0.2, 0.25) is 0 Å². The molecule has 0 spiro atoms. The Morgan fingerprint density at radius 2 is 1.90 bits per heavy atom. The molecule has 1 heterocycles. The van der Waals surface area contributed by atoms with Crippen molar-refractivity contribution in [3.8, 4) is 5.75 Å². The molecule has 31 heavy (non-hydrogen) atoms. The zero-order valence-corrected chi connectivity index (χ0v) is 19.8. The number of benzene rings is 2. The monoisotopic (exact) mass is 442 g/mol. The molecule has 0 unspecified atom stereocenters. The number of hydrogen-bond donors (Lipinski definition) is 1. The Morgan fingerprint density at radius 3 is 2.55 bits per heavy atom. The molecular formula is C25H34N2O3S. The highest BCUT2D eigenvalue weighted by Gasteiger charge is 2.48. The van der Waals surface area contributed by atoms with Crippen LogP contribution >= 0.6 is 0 Å². The van der Waals surface area contributed by atoms with Crippen LogP contribution in [0.15, 0.2) is 47.4 Å². The van der Waals surface area contributed by atoms with E-state index in [4.69, 9.17) is 0 Å². The van der Waals surface area contributed by atoms with E-state index >= 15 is 0 Å². The number of nitrogens with zero attached hydrogens (tertiary/aromatic N) is 2. The van der Waals surface area contributed by atoms with Crippen molar-refractivity contribution >= 4 is 9.84 Å². The molecule has 1 saturated heterocycles. The number of likely N-dealkylation sites (N-methyl/N-ethyl adjacent to an activating group) is 2. The number of sulfone groups is 1. The first-order valence-corrected chi connectivity index (χ1v) is 13.1. The van der Waals surface area contributed by atoms with Crippen molar-refractivity contribution < 1.29 is 13.5 Å². The Hall–Kier alpha value is -1.89. The van der Waals surface area contributed by atoms with Gasteiger partial charge in [0.25, 0.3) is 0 Å². The summed E-state index contributed by atoms with van der Waals surface area (Å²) in [4.78, 5) is 5.42. The van der Waals surface area contributed by atoms with Crippen LogP contribution in [0.3, 0.4) is 0 Å². The van der Waals surface area contributed by atoms with E-state index in [1.807, 2.05) is 24.3 Å². The molecule has 2 bridgehead atoms. The molecule has 3 atom stereocenters. The molecule has 0 aromatic heterocycles. The summed E-state index contributed by atoms with van der Waals surface area (Å²) in [6, 6.07) is 14.0. The molecule has 0 amide bonds. The Bertz CT molecular complexity index is 1050. The summed E-state index contributed by atoms with van der Waals surface area (Å²) >= 11 is 0. The maximum absolute atomic E-state index is 11.7. The first kappa shape index (κ1) is 22.3. The minimum Gasteiger partial charge on any atom is -0.508 e. The summed E-state index contributed by atoms with van der Waals surface area (Å²) < 4.78 is 23.5. The van der Waals surface area contributed by atoms with E-state index in [-0.39, 0.29) is 11.5 Å². The molecule has 2 aliphatic rings. The quantitative estimate of drug-likeness (QED) is 0.738. The van der Waals surface area contributed by atoms with E-state index in [0.29, 0.717) is 16.7 Å². The van der Waals surface area contributed by atoms with Crippen molar-refractivity contribution in [2.45, 2.75) is 55.5 Å². The Kier molecular flexibility index (Phi) is 5.92. The van der Waals surface area contributed by atoms with Crippen molar-refractivity contribution in [2.24, 2.45) is 0 Å². The second kappa shape index (κ2) is 8.23. The van der Waals surface area contributed by atoms with Gasteiger partial charge in [0, 0.05) is 18.8 Å². The highest BCUT2D eigenvalue weighted by Crippen LogP contribution is 2.50. The fourth-order valence-electron chi connectivity index (χ4n) is 5.55. The molecule has 0 radical (unpaired) electrons. The standard InChI is InChI=1S/C25H34N2O3S/c1-5-27(14-12-18-6-9-20(10-7-18)31(4,29)30)24-21-11-8-19(28)16-22(21)25(2)13-15-26(3)23(24)17-25/h6-11,16,23-24,28H,5,12-15,17H2,1-4H3/t23-,24-,25-/m1/s1. The number of rotatable bonds is 6. The number of hydrogen-bond acceptors (Lipinski definition) is 5. The van der Waals surface area contributed by atoms with Gasteiger partial charge in [-0.15, -0.1) is 0 Å². The van der Waals surface area contributed by atoms with Crippen LogP contribution in [0.1, 0.15) is 49.4 Å². The van der Waals surface area contributed by atoms with Crippen LogP contribution in [0.4, 0.5) is 0 Å². The summed E-state index contributed by atoms with van der Waals surface area (Å²) in [5, 5.41) is 10.2. The molecule has 168 valence electrons. The molecule has 0 saturated carbocycles. The van der Waals surface area contributed by atoms with Gasteiger partial charge in [-0.3, -0.25) is 4.90 Å². The van der Waals surface area contributed by atoms with Gasteiger partial charge in [-0.2, -0.15) is 0 Å². The summed E-state index contributed by atoms with van der Waals surface area (Å²) in [5.74, 6) is 0.352. The van der Waals surface area contributed by atoms with Crippen molar-refractivity contribution in [3.63, 3.8) is 0 Å². The molecule has 4 rings (SSSR count). The Labute approximate surface area is 186 Å². The predicted molar refractivity (Wildman–Crippen MR) is 124 cm³/mol. The van der Waals surface area contributed by atoms with Crippen LogP contribution in [-0.2, 0) is 21.7 Å². The van der Waals surface area contributed by atoms with Gasteiger partial charge in [-0.1, -0.05) is 32.0 Å². The van der Waals surface area contributed by atoms with Crippen molar-refractivity contribution in [1.82, 2.24) is 9.80 Å². The van der Waals surface area contributed by atoms with E-state index in [9.17, 15) is 13.5 Å². The van der Waals surface area contributed by atoms with Gasteiger partial charge in [-0.25, -0.2) is 8.42 Å². The van der Waals surface area contributed by atoms with Crippen LogP contribution in [0, 0.1) is 0 Å². The molecule has 2 aromatic carbocycles. The number of likely N-dealkylation sites (tertiary alicyclic amines) is 1. The maximum Gasteiger partial charge on any atom is 0.175 e. The number of piperidine rings is 1. The third-order valence-corrected chi connectivity index (χ3v) is 8.58. The van der Waals surface area contributed by atoms with Gasteiger partial charge in [0.15, 0.2) is 9.84 Å². The largest absolute Gasteiger partial charge is 0.508 e. The van der Waals surface area contributed by atoms with E-state index in [2.05, 4.69) is 36.8 Å². The fourth-order valence-corrected chi connectivity index (χ4v) is 6.18. The normalized spacial score (nSPS) is 26.1. The second-order valence-electron chi connectivity index (χ2n) is 9.57. The van der Waals surface area contributed by atoms with Crippen molar-refractivity contribution in [2.75, 3.05) is 32.9 Å². The molecule has 1 N–H and O–H groups in total. The van der Waals surface area contributed by atoms with Gasteiger partial charge >= 0.3 is 0 Å². The molecule has 2 aromatic rings. The zero-order valence-electron chi connectivity index (χ0n) is 19.0. The maximum atomic E-state index is 11.7. The highest BCUT2D eigenvalue weighted by molar-refractivity contribution is 7.90. The third kappa shape index (κ3) is 4.26. The summed E-state index contributed by atoms with van der Waals surface area (Å²) in [7, 11) is -0.931. The predicted octanol–water partition coefficient (Wildman–Crippen LogP) is 3.77. The van der Waals surface area contributed by atoms with Gasteiger partial charge < -0.3 is 10.0 Å². The number of aromatic hydroxyl groups is 1. The molecule has 5 nitrogen and oxygen atoms in total. The molecule has 1 fully saturated rings. The summed E-state index contributed by atoms with van der Waals surface area (Å²) in [5.41, 5.74) is 3.91. The van der Waals surface area contributed by atoms with Gasteiger partial charge in [0.05, 0.1) is 10.9 Å². The van der Waals surface area contributed by atoms with E-state index in [0.717, 1.165) is 44.5 Å². The lowest BCUT2D eigenvalue weighted by molar-refractivity contribution is 0.0273. The van der Waals surface area contributed by atoms with Gasteiger partial charge in [-0.05, 0) is 85.8 Å². The van der Waals surface area contributed by atoms with Gasteiger partial charge in [0.1, 0.15) is 5.75 Å². The average molecular weight is 443 g/mol. The van der Waals surface area contributed by atoms with Crippen LogP contribution in [0.25, 0.3) is 0 Å². The lowest BCUT2D eigenvalue weighted by Crippen LogP contribution is -2.56. The number of fused-ring (bicyclic) bond motifs is 4. The summed E-state index contributed by atoms with van der Waals surface area (Å²) in [6.07, 6.45) is 4.33. The fraction of sp³-hybridized carbons (Fsp3) is 0.520. The number of phenolic OH excluding ortho intramolecular Hbond substituents is 1. The van der Waals surface area contributed by atoms with Crippen molar-refractivity contribution in [3.05, 3.63) is 59.2 Å². The molecule has 1 aliphatic carbocycles. The minimum absolute atomic E-state index is 0.114. The molecular weight excluding hydrogens is 408 g/mol. The molecule has 6 heteroatoms. The smallest absolute Gasteiger partial charge is 0.175 e. The number of phenols is 1. The van der Waals surface area contributed by atoms with E-state index < -0.39 is 9.84 Å². The third-order valence-electron chi connectivity index (χ3n) is 7.45. The van der Waals surface area contributed by atoms with Gasteiger partial charge in [0.2, 0.25) is 0 Å².